The number of fused-ring (bicyclic) bond motifs is 3. The molecule has 7 nitrogen and oxygen atoms in total. The molecule has 0 spiro atoms. The van der Waals surface area contributed by atoms with E-state index in [4.69, 9.17) is 9.15 Å². The van der Waals surface area contributed by atoms with Crippen LogP contribution in [-0.2, 0) is 21.4 Å². The Balaban J connectivity index is 1.20. The monoisotopic (exact) mass is 556 g/mol. The number of benzene rings is 2. The van der Waals surface area contributed by atoms with Crippen LogP contribution in [0.25, 0.3) is 0 Å². The highest BCUT2D eigenvalue weighted by Gasteiger charge is 2.51. The van der Waals surface area contributed by atoms with Gasteiger partial charge >= 0.3 is 5.97 Å². The number of amides is 2. The molecule has 0 bridgehead atoms. The minimum absolute atomic E-state index is 0.0518. The third-order valence-electron chi connectivity index (χ3n) is 9.33. The van der Waals surface area contributed by atoms with Crippen molar-refractivity contribution < 1.29 is 23.5 Å². The van der Waals surface area contributed by atoms with Gasteiger partial charge in [0, 0.05) is 6.54 Å². The Hall–Kier alpha value is -3.87. The van der Waals surface area contributed by atoms with Gasteiger partial charge in [0.25, 0.3) is 11.8 Å². The first-order chi connectivity index (χ1) is 19.6. The largest absolute Gasteiger partial charge is 0.459 e. The summed E-state index contributed by atoms with van der Waals surface area (Å²) in [7, 11) is 0. The number of rotatable bonds is 8. The molecule has 0 aliphatic heterocycles. The van der Waals surface area contributed by atoms with E-state index in [0.29, 0.717) is 18.4 Å². The number of carbonyl (C=O) groups is 3. The molecule has 216 valence electrons. The summed E-state index contributed by atoms with van der Waals surface area (Å²) in [6.07, 6.45) is 6.88. The van der Waals surface area contributed by atoms with Crippen molar-refractivity contribution in [2.75, 3.05) is 18.5 Å². The number of aryl methyl sites for hydroxylation is 1. The van der Waals surface area contributed by atoms with Gasteiger partial charge in [0.05, 0.1) is 17.5 Å². The van der Waals surface area contributed by atoms with E-state index in [0.717, 1.165) is 32.1 Å². The molecule has 3 unspecified atom stereocenters. The standard InChI is InChI=1S/C34H40N2O5/c1-22(2)23-12-14-26-24(19-23)13-15-29-33(3,16-8-17-34(26,29)4)21-35-30(37)20-41-32(39)25-9-5-6-10-27(25)36-31(38)28-11-7-18-40-28/h5-7,9-12,14,18-19,22,29H,8,13,15-17,20-21H2,1-4H3,(H,35,37)(H,36,38). The van der Waals surface area contributed by atoms with E-state index < -0.39 is 18.5 Å². The molecule has 0 radical (unpaired) electrons. The van der Waals surface area contributed by atoms with E-state index >= 15 is 0 Å². The van der Waals surface area contributed by atoms with E-state index in [1.807, 2.05) is 0 Å². The SMILES string of the molecule is CC(C)c1ccc2c(c1)CCC1C(C)(CNC(=O)COC(=O)c3ccccc3NC(=O)c3ccco3)CCCC21C. The molecule has 1 heterocycles. The zero-order valence-electron chi connectivity index (χ0n) is 24.4. The molecule has 0 saturated heterocycles. The van der Waals surface area contributed by atoms with Crippen LogP contribution in [0, 0.1) is 11.3 Å². The molecule has 7 heteroatoms. The fourth-order valence-corrected chi connectivity index (χ4v) is 7.14. The molecule has 1 fully saturated rings. The molecule has 2 aromatic carbocycles. The zero-order valence-corrected chi connectivity index (χ0v) is 24.4. The van der Waals surface area contributed by atoms with Gasteiger partial charge in [-0.1, -0.05) is 64.4 Å². The van der Waals surface area contributed by atoms with Crippen molar-refractivity contribution in [3.63, 3.8) is 0 Å². The molecule has 1 aromatic heterocycles. The average molecular weight is 557 g/mol. The minimum atomic E-state index is -0.684. The zero-order chi connectivity index (χ0) is 29.2. The van der Waals surface area contributed by atoms with Crippen molar-refractivity contribution in [2.45, 2.75) is 71.1 Å². The Morgan fingerprint density at radius 2 is 1.85 bits per heavy atom. The Labute approximate surface area is 242 Å². The molecular weight excluding hydrogens is 516 g/mol. The molecular formula is C34H40N2O5. The third kappa shape index (κ3) is 5.81. The topological polar surface area (TPSA) is 97.6 Å². The molecule has 5 rings (SSSR count). The summed E-state index contributed by atoms with van der Waals surface area (Å²) >= 11 is 0. The molecule has 3 atom stereocenters. The Morgan fingerprint density at radius 1 is 1.05 bits per heavy atom. The number of nitrogens with one attached hydrogen (secondary N) is 2. The Morgan fingerprint density at radius 3 is 2.61 bits per heavy atom. The van der Waals surface area contributed by atoms with Gasteiger partial charge in [0.1, 0.15) is 0 Å². The second kappa shape index (κ2) is 11.6. The molecule has 3 aromatic rings. The lowest BCUT2D eigenvalue weighted by molar-refractivity contribution is -0.125. The molecule has 2 aliphatic rings. The van der Waals surface area contributed by atoms with E-state index in [-0.39, 0.29) is 33.7 Å². The molecule has 2 aliphatic carbocycles. The van der Waals surface area contributed by atoms with Crippen molar-refractivity contribution >= 4 is 23.5 Å². The Bertz CT molecular complexity index is 1430. The van der Waals surface area contributed by atoms with Crippen molar-refractivity contribution in [1.82, 2.24) is 5.32 Å². The maximum atomic E-state index is 12.9. The summed E-state index contributed by atoms with van der Waals surface area (Å²) in [5.74, 6) is -0.402. The third-order valence-corrected chi connectivity index (χ3v) is 9.33. The van der Waals surface area contributed by atoms with E-state index in [1.54, 1.807) is 30.3 Å². The van der Waals surface area contributed by atoms with Crippen molar-refractivity contribution in [3.05, 3.63) is 88.9 Å². The number of carbonyl (C=O) groups excluding carboxylic acids is 3. The lowest BCUT2D eigenvalue weighted by Crippen LogP contribution is -2.53. The van der Waals surface area contributed by atoms with Crippen LogP contribution in [-0.4, -0.2) is 30.9 Å². The first kappa shape index (κ1) is 28.7. The fraction of sp³-hybridized carbons (Fsp3) is 0.441. The van der Waals surface area contributed by atoms with Crippen LogP contribution in [0.15, 0.2) is 65.3 Å². The summed E-state index contributed by atoms with van der Waals surface area (Å²) < 4.78 is 10.5. The van der Waals surface area contributed by atoms with Crippen LogP contribution in [0.4, 0.5) is 5.69 Å². The first-order valence-corrected chi connectivity index (χ1v) is 14.6. The predicted molar refractivity (Wildman–Crippen MR) is 158 cm³/mol. The van der Waals surface area contributed by atoms with Gasteiger partial charge in [0.15, 0.2) is 12.4 Å². The van der Waals surface area contributed by atoms with Crippen LogP contribution in [0.1, 0.15) is 96.9 Å². The lowest BCUT2D eigenvalue weighted by atomic mass is 9.49. The second-order valence-corrected chi connectivity index (χ2v) is 12.4. The van der Waals surface area contributed by atoms with E-state index in [9.17, 15) is 14.4 Å². The van der Waals surface area contributed by atoms with E-state index in [2.05, 4.69) is 56.5 Å². The number of anilines is 1. The van der Waals surface area contributed by atoms with Crippen molar-refractivity contribution in [1.29, 1.82) is 0 Å². The lowest BCUT2D eigenvalue weighted by Gasteiger charge is -2.55. The number of ether oxygens (including phenoxy) is 1. The fourth-order valence-electron chi connectivity index (χ4n) is 7.14. The number of hydrogen-bond acceptors (Lipinski definition) is 5. The predicted octanol–water partition coefficient (Wildman–Crippen LogP) is 6.64. The second-order valence-electron chi connectivity index (χ2n) is 12.4. The van der Waals surface area contributed by atoms with Gasteiger partial charge in [-0.05, 0) is 89.3 Å². The van der Waals surface area contributed by atoms with Crippen molar-refractivity contribution in [2.24, 2.45) is 11.3 Å². The smallest absolute Gasteiger partial charge is 0.340 e. The van der Waals surface area contributed by atoms with Gasteiger partial charge in [0.2, 0.25) is 0 Å². The van der Waals surface area contributed by atoms with Gasteiger partial charge in [-0.2, -0.15) is 0 Å². The van der Waals surface area contributed by atoms with Gasteiger partial charge < -0.3 is 19.8 Å². The highest BCUT2D eigenvalue weighted by atomic mass is 16.5. The van der Waals surface area contributed by atoms with Gasteiger partial charge in [-0.15, -0.1) is 0 Å². The number of esters is 1. The normalized spacial score (nSPS) is 23.3. The summed E-state index contributed by atoms with van der Waals surface area (Å²) in [6, 6.07) is 16.7. The number of hydrogen-bond donors (Lipinski definition) is 2. The number of para-hydroxylation sites is 1. The molecule has 2 N–H and O–H groups in total. The van der Waals surface area contributed by atoms with Crippen LogP contribution in [0.3, 0.4) is 0 Å². The maximum Gasteiger partial charge on any atom is 0.340 e. The average Bonchev–Trinajstić information content (AvgIpc) is 3.50. The summed E-state index contributed by atoms with van der Waals surface area (Å²) in [6.45, 7) is 9.34. The molecule has 2 amide bonds. The quantitative estimate of drug-likeness (QED) is 0.303. The maximum absolute atomic E-state index is 12.9. The summed E-state index contributed by atoms with van der Waals surface area (Å²) in [5, 5.41) is 5.73. The van der Waals surface area contributed by atoms with Gasteiger partial charge in [-0.25, -0.2) is 4.79 Å². The minimum Gasteiger partial charge on any atom is -0.459 e. The van der Waals surface area contributed by atoms with Crippen molar-refractivity contribution in [3.8, 4) is 0 Å². The van der Waals surface area contributed by atoms with Gasteiger partial charge in [-0.3, -0.25) is 9.59 Å². The Kier molecular flexibility index (Phi) is 8.07. The van der Waals surface area contributed by atoms with Crippen LogP contribution in [0.2, 0.25) is 0 Å². The highest BCUT2D eigenvalue weighted by molar-refractivity contribution is 6.06. The molecule has 1 saturated carbocycles. The highest BCUT2D eigenvalue weighted by Crippen LogP contribution is 2.57. The summed E-state index contributed by atoms with van der Waals surface area (Å²) in [4.78, 5) is 38.1. The van der Waals surface area contributed by atoms with Crippen LogP contribution in [0.5, 0.6) is 0 Å². The van der Waals surface area contributed by atoms with E-state index in [1.165, 1.54) is 29.0 Å². The first-order valence-electron chi connectivity index (χ1n) is 14.6. The van der Waals surface area contributed by atoms with Crippen LogP contribution < -0.4 is 10.6 Å². The summed E-state index contributed by atoms with van der Waals surface area (Å²) in [5.41, 5.74) is 4.83. The molecule has 41 heavy (non-hydrogen) atoms. The number of furan rings is 1. The van der Waals surface area contributed by atoms with Crippen LogP contribution >= 0.6 is 0 Å².